The van der Waals surface area contributed by atoms with Gasteiger partial charge in [0, 0.05) is 24.5 Å². The zero-order chi connectivity index (χ0) is 19.9. The van der Waals surface area contributed by atoms with Crippen molar-refractivity contribution in [2.45, 2.75) is 85.2 Å². The van der Waals surface area contributed by atoms with E-state index in [1.165, 1.54) is 51.2 Å². The molecule has 0 spiro atoms. The highest BCUT2D eigenvalue weighted by Gasteiger charge is 2.75. The molecule has 5 aliphatic carbocycles. The largest absolute Gasteiger partial charge is 0.462 e. The number of hydrogen-bond acceptors (Lipinski definition) is 4. The van der Waals surface area contributed by atoms with Crippen molar-refractivity contribution in [1.82, 2.24) is 0 Å². The summed E-state index contributed by atoms with van der Waals surface area (Å²) in [5.74, 6) is 8.84. The summed E-state index contributed by atoms with van der Waals surface area (Å²) in [6.45, 7) is 8.79. The predicted molar refractivity (Wildman–Crippen MR) is 110 cm³/mol. The lowest BCUT2D eigenvalue weighted by atomic mass is 9.46. The maximum absolute atomic E-state index is 11.4. The molecule has 4 saturated carbocycles. The van der Waals surface area contributed by atoms with Crippen molar-refractivity contribution in [2.24, 2.45) is 50.9 Å². The number of nitrogens with zero attached hydrogens (tertiary/aromatic N) is 1. The van der Waals surface area contributed by atoms with Crippen LogP contribution in [-0.2, 0) is 9.53 Å². The Hall–Kier alpha value is -1.32. The van der Waals surface area contributed by atoms with E-state index in [0.717, 1.165) is 36.5 Å². The third-order valence-corrected chi connectivity index (χ3v) is 10.3. The summed E-state index contributed by atoms with van der Waals surface area (Å²) in [4.78, 5) is 11.4. The first-order valence-electron chi connectivity index (χ1n) is 11.4. The fourth-order valence-corrected chi connectivity index (χ4v) is 8.86. The Morgan fingerprint density at radius 1 is 1.21 bits per heavy atom. The molecule has 5 rings (SSSR count). The SMILES string of the molecule is CC(=O)O[C@H]1CC[C@@]2(C)C(=CC[C@@H]3[C@@H]2CC[C@@]2(C)[C@H]3C[C@H]3C[C@]32/C(C)=N/N)C1. The van der Waals surface area contributed by atoms with Crippen molar-refractivity contribution >= 4 is 11.7 Å². The van der Waals surface area contributed by atoms with Crippen LogP contribution in [0.15, 0.2) is 16.8 Å². The summed E-state index contributed by atoms with van der Waals surface area (Å²) < 4.78 is 5.57. The molecule has 0 aromatic heterocycles. The van der Waals surface area contributed by atoms with Crippen molar-refractivity contribution < 1.29 is 9.53 Å². The van der Waals surface area contributed by atoms with Crippen LogP contribution in [0.4, 0.5) is 0 Å². The van der Waals surface area contributed by atoms with Crippen molar-refractivity contribution in [2.75, 3.05) is 0 Å². The molecule has 5 aliphatic rings. The topological polar surface area (TPSA) is 64.7 Å². The summed E-state index contributed by atoms with van der Waals surface area (Å²) in [7, 11) is 0. The summed E-state index contributed by atoms with van der Waals surface area (Å²) in [6, 6.07) is 0. The smallest absolute Gasteiger partial charge is 0.302 e. The standard InChI is InChI=1S/C24H36N2O2/c1-14(26-25)24-13-17(24)12-21-19-6-5-16-11-18(28-15(2)27)7-9-22(16,3)20(19)8-10-23(21,24)4/h5,17-21H,6-13,25H2,1-4H3/b26-14+/t17-,18-,19+,20-,21-,22-,23-,24-/m0/s1. The van der Waals surface area contributed by atoms with Crippen LogP contribution in [-0.4, -0.2) is 17.8 Å². The number of carbonyl (C=O) groups excluding carboxylic acids is 1. The Balaban J connectivity index is 1.43. The minimum Gasteiger partial charge on any atom is -0.462 e. The van der Waals surface area contributed by atoms with E-state index in [9.17, 15) is 4.79 Å². The van der Waals surface area contributed by atoms with Gasteiger partial charge in [-0.2, -0.15) is 5.10 Å². The molecule has 0 saturated heterocycles. The summed E-state index contributed by atoms with van der Waals surface area (Å²) >= 11 is 0. The number of nitrogens with two attached hydrogens (primary N) is 1. The van der Waals surface area contributed by atoms with E-state index in [0.29, 0.717) is 16.2 Å². The van der Waals surface area contributed by atoms with E-state index in [1.807, 2.05) is 0 Å². The lowest BCUT2D eigenvalue weighted by molar-refractivity contribution is -0.148. The Labute approximate surface area is 169 Å². The van der Waals surface area contributed by atoms with Crippen molar-refractivity contribution in [3.63, 3.8) is 0 Å². The van der Waals surface area contributed by atoms with Crippen LogP contribution < -0.4 is 5.84 Å². The highest BCUT2D eigenvalue weighted by atomic mass is 16.5. The molecule has 0 radical (unpaired) electrons. The Kier molecular flexibility index (Phi) is 3.91. The number of hydrazone groups is 1. The second kappa shape index (κ2) is 5.86. The zero-order valence-electron chi connectivity index (χ0n) is 18.0. The second-order valence-electron chi connectivity index (χ2n) is 11.0. The van der Waals surface area contributed by atoms with E-state index in [-0.39, 0.29) is 12.1 Å². The molecule has 2 N–H and O–H groups in total. The molecule has 0 amide bonds. The number of hydrogen-bond donors (Lipinski definition) is 1. The van der Waals surface area contributed by atoms with Crippen molar-refractivity contribution in [3.8, 4) is 0 Å². The van der Waals surface area contributed by atoms with Crippen molar-refractivity contribution in [3.05, 3.63) is 11.6 Å². The Morgan fingerprint density at radius 3 is 2.71 bits per heavy atom. The highest BCUT2D eigenvalue weighted by Crippen LogP contribution is 2.80. The monoisotopic (exact) mass is 384 g/mol. The molecule has 4 fully saturated rings. The maximum atomic E-state index is 11.4. The molecule has 0 unspecified atom stereocenters. The Bertz CT molecular complexity index is 773. The number of fused-ring (bicyclic) bond motifs is 7. The predicted octanol–water partition coefficient (Wildman–Crippen LogP) is 4.83. The number of esters is 1. The van der Waals surface area contributed by atoms with Gasteiger partial charge in [-0.15, -0.1) is 0 Å². The molecule has 0 aromatic rings. The van der Waals surface area contributed by atoms with E-state index in [2.05, 4.69) is 31.9 Å². The summed E-state index contributed by atoms with van der Waals surface area (Å²) in [5, 5.41) is 4.20. The first-order valence-corrected chi connectivity index (χ1v) is 11.4. The molecule has 4 heteroatoms. The number of rotatable bonds is 2. The molecule has 8 atom stereocenters. The molecule has 0 bridgehead atoms. The van der Waals surface area contributed by atoms with Crippen LogP contribution in [0.2, 0.25) is 0 Å². The number of ether oxygens (including phenoxy) is 1. The van der Waals surface area contributed by atoms with Gasteiger partial charge in [-0.3, -0.25) is 4.79 Å². The molecule has 0 aliphatic heterocycles. The normalized spacial score (nSPS) is 51.9. The second-order valence-corrected chi connectivity index (χ2v) is 11.0. The molecule has 154 valence electrons. The minimum atomic E-state index is -0.135. The van der Waals surface area contributed by atoms with Crippen LogP contribution in [0.25, 0.3) is 0 Å². The van der Waals surface area contributed by atoms with Gasteiger partial charge in [0.1, 0.15) is 6.10 Å². The number of carbonyl (C=O) groups is 1. The van der Waals surface area contributed by atoms with Crippen LogP contribution >= 0.6 is 0 Å². The maximum Gasteiger partial charge on any atom is 0.302 e. The third-order valence-electron chi connectivity index (χ3n) is 10.3. The molecular weight excluding hydrogens is 348 g/mol. The average Bonchev–Trinajstić information content (AvgIpc) is 3.33. The van der Waals surface area contributed by atoms with Gasteiger partial charge in [-0.1, -0.05) is 25.5 Å². The molecule has 0 aromatic carbocycles. The first-order chi connectivity index (χ1) is 13.3. The lowest BCUT2D eigenvalue weighted by Gasteiger charge is -2.59. The average molecular weight is 385 g/mol. The van der Waals surface area contributed by atoms with E-state index in [1.54, 1.807) is 5.57 Å². The fraction of sp³-hybridized carbons (Fsp3) is 0.833. The van der Waals surface area contributed by atoms with Gasteiger partial charge < -0.3 is 10.6 Å². The quantitative estimate of drug-likeness (QED) is 0.244. The summed E-state index contributed by atoms with van der Waals surface area (Å²) in [6.07, 6.45) is 12.3. The van der Waals surface area contributed by atoms with Gasteiger partial charge in [-0.05, 0) is 86.4 Å². The third kappa shape index (κ3) is 2.18. The van der Waals surface area contributed by atoms with Crippen LogP contribution in [0, 0.1) is 39.9 Å². The van der Waals surface area contributed by atoms with Crippen LogP contribution in [0.5, 0.6) is 0 Å². The zero-order valence-corrected chi connectivity index (χ0v) is 18.0. The first kappa shape index (κ1) is 18.7. The lowest BCUT2D eigenvalue weighted by Crippen LogP contribution is -2.52. The van der Waals surface area contributed by atoms with Crippen molar-refractivity contribution in [1.29, 1.82) is 0 Å². The van der Waals surface area contributed by atoms with Gasteiger partial charge in [-0.25, -0.2) is 0 Å². The van der Waals surface area contributed by atoms with Crippen LogP contribution in [0.1, 0.15) is 79.1 Å². The highest BCUT2D eigenvalue weighted by molar-refractivity contribution is 5.92. The number of allylic oxidation sites excluding steroid dienone is 1. The molecule has 4 nitrogen and oxygen atoms in total. The molecule has 0 heterocycles. The molecule has 28 heavy (non-hydrogen) atoms. The van der Waals surface area contributed by atoms with E-state index in [4.69, 9.17) is 10.6 Å². The van der Waals surface area contributed by atoms with Gasteiger partial charge in [0.25, 0.3) is 0 Å². The van der Waals surface area contributed by atoms with Crippen LogP contribution in [0.3, 0.4) is 0 Å². The van der Waals surface area contributed by atoms with Gasteiger partial charge in [0.2, 0.25) is 0 Å². The fourth-order valence-electron chi connectivity index (χ4n) is 8.86. The van der Waals surface area contributed by atoms with Gasteiger partial charge in [0.15, 0.2) is 0 Å². The Morgan fingerprint density at radius 2 is 2.00 bits per heavy atom. The van der Waals surface area contributed by atoms with E-state index < -0.39 is 0 Å². The molecular formula is C24H36N2O2. The van der Waals surface area contributed by atoms with Gasteiger partial charge in [0.05, 0.1) is 0 Å². The summed E-state index contributed by atoms with van der Waals surface area (Å²) in [5.41, 5.74) is 3.77. The minimum absolute atomic E-state index is 0.0908. The van der Waals surface area contributed by atoms with Gasteiger partial charge >= 0.3 is 5.97 Å². The van der Waals surface area contributed by atoms with E-state index >= 15 is 0 Å².